The fourth-order valence-electron chi connectivity index (χ4n) is 3.85. The minimum Gasteiger partial charge on any atom is -0.481 e. The maximum Gasteiger partial charge on any atom is 0.326 e. The maximum atomic E-state index is 12.7. The van der Waals surface area contributed by atoms with E-state index in [1.807, 2.05) is 50.2 Å². The van der Waals surface area contributed by atoms with E-state index in [0.717, 1.165) is 22.4 Å². The van der Waals surface area contributed by atoms with Crippen LogP contribution in [0.15, 0.2) is 51.9 Å². The molecule has 0 aliphatic carbocycles. The molecule has 150 valence electrons. The zero-order valence-corrected chi connectivity index (χ0v) is 16.8. The summed E-state index contributed by atoms with van der Waals surface area (Å²) in [4.78, 5) is 24.8. The minimum absolute atomic E-state index is 0.210. The normalized spacial score (nSPS) is 11.4. The van der Waals surface area contributed by atoms with Crippen molar-refractivity contribution in [3.8, 4) is 17.0 Å². The molecule has 8 heteroatoms. The van der Waals surface area contributed by atoms with Gasteiger partial charge in [0, 0.05) is 0 Å². The molecular weight excluding hydrogens is 382 g/mol. The Hall–Kier alpha value is -3.94. The second-order valence-corrected chi connectivity index (χ2v) is 7.13. The van der Waals surface area contributed by atoms with Crippen LogP contribution in [0.2, 0.25) is 0 Å². The highest BCUT2D eigenvalue weighted by atomic mass is 16.5. The molecule has 0 radical (unpaired) electrons. The van der Waals surface area contributed by atoms with Gasteiger partial charge in [0.25, 0.3) is 0 Å². The van der Waals surface area contributed by atoms with E-state index >= 15 is 0 Å². The Kier molecular flexibility index (Phi) is 4.13. The molecule has 0 amide bonds. The quantitative estimate of drug-likeness (QED) is 0.494. The fourth-order valence-corrected chi connectivity index (χ4v) is 3.85. The third-order valence-electron chi connectivity index (χ3n) is 5.22. The predicted molar refractivity (Wildman–Crippen MR) is 113 cm³/mol. The van der Waals surface area contributed by atoms with Crippen LogP contribution in [-0.4, -0.2) is 31.8 Å². The van der Waals surface area contributed by atoms with Gasteiger partial charge in [0.2, 0.25) is 5.88 Å². The summed E-state index contributed by atoms with van der Waals surface area (Å²) in [5.41, 5.74) is 5.70. The standard InChI is InChI=1S/C22H19N5O3/c1-12-18(13(2)30-26-12)15-9-16-19(25-21(15)29-3)20-17(10-23-16)24-22(28)27(20)11-14-7-5-4-6-8-14/h4-10H,11H2,1-3H3,(H,24,28). The molecule has 0 unspecified atom stereocenters. The number of hydrogen-bond donors (Lipinski definition) is 1. The van der Waals surface area contributed by atoms with Crippen LogP contribution in [0.5, 0.6) is 5.88 Å². The molecule has 0 spiro atoms. The van der Waals surface area contributed by atoms with Crippen LogP contribution < -0.4 is 10.4 Å². The van der Waals surface area contributed by atoms with Crippen molar-refractivity contribution >= 4 is 22.1 Å². The Morgan fingerprint density at radius 2 is 2.00 bits per heavy atom. The summed E-state index contributed by atoms with van der Waals surface area (Å²) in [6, 6.07) is 11.7. The predicted octanol–water partition coefficient (Wildman–Crippen LogP) is 3.60. The summed E-state index contributed by atoms with van der Waals surface area (Å²) in [7, 11) is 1.57. The van der Waals surface area contributed by atoms with E-state index in [1.165, 1.54) is 0 Å². The summed E-state index contributed by atoms with van der Waals surface area (Å²) < 4.78 is 12.6. The van der Waals surface area contributed by atoms with E-state index in [9.17, 15) is 4.79 Å². The van der Waals surface area contributed by atoms with Crippen molar-refractivity contribution in [3.05, 3.63) is 70.1 Å². The van der Waals surface area contributed by atoms with Crippen LogP contribution in [0.3, 0.4) is 0 Å². The average Bonchev–Trinajstić information content (AvgIpc) is 3.26. The maximum absolute atomic E-state index is 12.7. The highest BCUT2D eigenvalue weighted by Gasteiger charge is 2.21. The minimum atomic E-state index is -0.210. The van der Waals surface area contributed by atoms with E-state index in [2.05, 4.69) is 15.1 Å². The molecular formula is C22H19N5O3. The van der Waals surface area contributed by atoms with Crippen molar-refractivity contribution in [1.29, 1.82) is 0 Å². The van der Waals surface area contributed by atoms with Crippen molar-refractivity contribution in [2.24, 2.45) is 0 Å². The molecule has 8 nitrogen and oxygen atoms in total. The third kappa shape index (κ3) is 2.76. The first-order valence-corrected chi connectivity index (χ1v) is 9.50. The Bertz CT molecular complexity index is 1430. The molecule has 30 heavy (non-hydrogen) atoms. The third-order valence-corrected chi connectivity index (χ3v) is 5.22. The lowest BCUT2D eigenvalue weighted by Gasteiger charge is -2.11. The molecule has 5 rings (SSSR count). The molecule has 1 N–H and O–H groups in total. The lowest BCUT2D eigenvalue weighted by atomic mass is 10.0. The van der Waals surface area contributed by atoms with Gasteiger partial charge in [-0.05, 0) is 25.5 Å². The number of aryl methyl sites for hydroxylation is 2. The highest BCUT2D eigenvalue weighted by molar-refractivity contribution is 6.01. The van der Waals surface area contributed by atoms with Crippen molar-refractivity contribution in [1.82, 2.24) is 24.7 Å². The summed E-state index contributed by atoms with van der Waals surface area (Å²) in [5.74, 6) is 1.10. The topological polar surface area (TPSA) is 98.8 Å². The highest BCUT2D eigenvalue weighted by Crippen LogP contribution is 2.36. The average molecular weight is 401 g/mol. The van der Waals surface area contributed by atoms with Gasteiger partial charge in [-0.15, -0.1) is 0 Å². The smallest absolute Gasteiger partial charge is 0.326 e. The van der Waals surface area contributed by atoms with Gasteiger partial charge < -0.3 is 14.2 Å². The van der Waals surface area contributed by atoms with Crippen molar-refractivity contribution in [2.45, 2.75) is 20.4 Å². The molecule has 5 aromatic rings. The van der Waals surface area contributed by atoms with E-state index in [-0.39, 0.29) is 5.69 Å². The van der Waals surface area contributed by atoms with Crippen molar-refractivity contribution in [3.63, 3.8) is 0 Å². The van der Waals surface area contributed by atoms with E-state index in [1.54, 1.807) is 17.9 Å². The van der Waals surface area contributed by atoms with Crippen LogP contribution in [-0.2, 0) is 6.54 Å². The lowest BCUT2D eigenvalue weighted by Crippen LogP contribution is -2.17. The number of rotatable bonds is 4. The molecule has 0 aliphatic rings. The number of pyridine rings is 2. The number of methoxy groups -OCH3 is 1. The van der Waals surface area contributed by atoms with E-state index in [4.69, 9.17) is 14.2 Å². The lowest BCUT2D eigenvalue weighted by molar-refractivity contribution is 0.392. The monoisotopic (exact) mass is 401 g/mol. The Labute approximate surface area is 171 Å². The summed E-state index contributed by atoms with van der Waals surface area (Å²) in [6.45, 7) is 4.14. The molecule has 4 heterocycles. The van der Waals surface area contributed by atoms with Gasteiger partial charge in [0.1, 0.15) is 11.3 Å². The zero-order chi connectivity index (χ0) is 20.8. The van der Waals surface area contributed by atoms with Crippen LogP contribution in [0.4, 0.5) is 0 Å². The molecule has 0 saturated carbocycles. The number of H-pyrrole nitrogens is 1. The fraction of sp³-hybridized carbons (Fsp3) is 0.182. The number of ether oxygens (including phenoxy) is 1. The van der Waals surface area contributed by atoms with Gasteiger partial charge in [-0.3, -0.25) is 9.55 Å². The summed E-state index contributed by atoms with van der Waals surface area (Å²) in [5, 5.41) is 4.03. The van der Waals surface area contributed by atoms with Crippen LogP contribution in [0.1, 0.15) is 17.0 Å². The molecule has 0 saturated heterocycles. The van der Waals surface area contributed by atoms with Gasteiger partial charge >= 0.3 is 5.69 Å². The second kappa shape index (κ2) is 6.84. The number of fused-ring (bicyclic) bond motifs is 3. The van der Waals surface area contributed by atoms with Crippen molar-refractivity contribution < 1.29 is 9.26 Å². The first kappa shape index (κ1) is 18.1. The molecule has 0 atom stereocenters. The molecule has 1 aromatic carbocycles. The van der Waals surface area contributed by atoms with Crippen LogP contribution >= 0.6 is 0 Å². The van der Waals surface area contributed by atoms with Gasteiger partial charge in [-0.25, -0.2) is 9.78 Å². The van der Waals surface area contributed by atoms with Gasteiger partial charge in [-0.1, -0.05) is 35.5 Å². The first-order valence-electron chi connectivity index (χ1n) is 9.50. The van der Waals surface area contributed by atoms with Gasteiger partial charge in [0.05, 0.1) is 53.2 Å². The molecule has 4 aromatic heterocycles. The number of aromatic amines is 1. The number of aromatic nitrogens is 5. The van der Waals surface area contributed by atoms with Gasteiger partial charge in [0.15, 0.2) is 0 Å². The summed E-state index contributed by atoms with van der Waals surface area (Å²) >= 11 is 0. The van der Waals surface area contributed by atoms with Crippen LogP contribution in [0, 0.1) is 13.8 Å². The number of benzene rings is 1. The zero-order valence-electron chi connectivity index (χ0n) is 16.8. The molecule has 0 aliphatic heterocycles. The number of imidazole rings is 1. The Balaban J connectivity index is 1.79. The number of nitrogens with one attached hydrogen (secondary N) is 1. The number of hydrogen-bond acceptors (Lipinski definition) is 6. The van der Waals surface area contributed by atoms with Crippen molar-refractivity contribution in [2.75, 3.05) is 7.11 Å². The largest absolute Gasteiger partial charge is 0.481 e. The van der Waals surface area contributed by atoms with E-state index < -0.39 is 0 Å². The second-order valence-electron chi connectivity index (χ2n) is 7.13. The van der Waals surface area contributed by atoms with E-state index in [0.29, 0.717) is 40.3 Å². The first-order chi connectivity index (χ1) is 14.6. The molecule has 0 fully saturated rings. The Morgan fingerprint density at radius 3 is 2.70 bits per heavy atom. The number of nitrogens with zero attached hydrogens (tertiary/aromatic N) is 4. The summed E-state index contributed by atoms with van der Waals surface area (Å²) in [6.07, 6.45) is 1.66. The molecule has 0 bridgehead atoms. The Morgan fingerprint density at radius 1 is 1.20 bits per heavy atom. The van der Waals surface area contributed by atoms with Crippen LogP contribution in [0.25, 0.3) is 33.2 Å². The van der Waals surface area contributed by atoms with Gasteiger partial charge in [-0.2, -0.15) is 0 Å². The SMILES string of the molecule is COc1nc2c(cc1-c1c(C)noc1C)ncc1[nH]c(=O)n(Cc3ccccc3)c12.